The van der Waals surface area contributed by atoms with Gasteiger partial charge in [0.05, 0.1) is 27.7 Å². The first-order chi connectivity index (χ1) is 29.0. The van der Waals surface area contributed by atoms with Crippen LogP contribution in [-0.2, 0) is 32.7 Å². The Kier molecular flexibility index (Phi) is 39.2. The number of unbranched alkanes of at least 4 members (excludes halogenated alkanes) is 10. The highest BCUT2D eigenvalue weighted by molar-refractivity contribution is 7.45. The van der Waals surface area contributed by atoms with E-state index in [0.717, 1.165) is 64.2 Å². The number of esters is 2. The van der Waals surface area contributed by atoms with E-state index in [9.17, 15) is 19.0 Å². The standard InChI is InChI=1S/C50H84NO8P/c1-6-8-10-12-14-16-18-20-22-24-25-27-29-31-33-35-37-39-41-43-50(53)59-48(47-58-60(54,55)57-45-44-51(3,4)5)46-56-49(52)42-40-38-36-34-32-30-28-26-23-21-19-17-15-13-11-9-7-2/h14-17,20-23,25,27-28,30-31,33-34,36,48H,6-13,18-19,24,26,29,32,35,37-47H2,1-5H3/b16-14-,17-15-,22-20-,23-21-,27-25-,30-28-,33-31-,36-34-/t48-/m1/s1. The van der Waals surface area contributed by atoms with Crippen LogP contribution in [-0.4, -0.2) is 70.0 Å². The largest absolute Gasteiger partial charge is 0.756 e. The Balaban J connectivity index is 4.52. The Bertz CT molecular complexity index is 1340. The molecule has 0 aromatic heterocycles. The van der Waals surface area contributed by atoms with Gasteiger partial charge >= 0.3 is 11.9 Å². The molecule has 0 aliphatic heterocycles. The molecular formula is C50H84NO8P. The second-order valence-corrected chi connectivity index (χ2v) is 17.5. The molecule has 0 amide bonds. The van der Waals surface area contributed by atoms with Gasteiger partial charge in [0.2, 0.25) is 0 Å². The summed E-state index contributed by atoms with van der Waals surface area (Å²) in [5, 5.41) is 0. The summed E-state index contributed by atoms with van der Waals surface area (Å²) in [6, 6.07) is 0. The SMILES string of the molecule is CCCCC/C=C\C/C=C\C/C=C\C/C=C\CCCCCC(=O)O[C@H](COC(=O)CCC/C=C\C/C=C\C/C=C\C/C=C\CCCCC)COP(=O)([O-])OCC[N+](C)(C)C. The molecule has 0 saturated heterocycles. The second-order valence-electron chi connectivity index (χ2n) is 16.1. The minimum atomic E-state index is -4.65. The van der Waals surface area contributed by atoms with Crippen LogP contribution in [0.25, 0.3) is 0 Å². The van der Waals surface area contributed by atoms with Crippen molar-refractivity contribution in [3.05, 3.63) is 97.2 Å². The Labute approximate surface area is 366 Å². The predicted molar refractivity (Wildman–Crippen MR) is 249 cm³/mol. The van der Waals surface area contributed by atoms with Crippen LogP contribution in [0, 0.1) is 0 Å². The monoisotopic (exact) mass is 858 g/mol. The van der Waals surface area contributed by atoms with Crippen molar-refractivity contribution in [1.29, 1.82) is 0 Å². The van der Waals surface area contributed by atoms with Crippen LogP contribution in [0.3, 0.4) is 0 Å². The van der Waals surface area contributed by atoms with E-state index in [2.05, 4.69) is 105 Å². The van der Waals surface area contributed by atoms with E-state index in [1.807, 2.05) is 27.2 Å². The number of allylic oxidation sites excluding steroid dienone is 16. The summed E-state index contributed by atoms with van der Waals surface area (Å²) in [7, 11) is 1.10. The number of carbonyl (C=O) groups excluding carboxylic acids is 2. The summed E-state index contributed by atoms with van der Waals surface area (Å²) in [5.41, 5.74) is 0. The van der Waals surface area contributed by atoms with Gasteiger partial charge < -0.3 is 27.9 Å². The van der Waals surface area contributed by atoms with E-state index < -0.39 is 32.5 Å². The van der Waals surface area contributed by atoms with Crippen molar-refractivity contribution in [3.8, 4) is 0 Å². The number of carbonyl (C=O) groups is 2. The molecule has 0 spiro atoms. The summed E-state index contributed by atoms with van der Waals surface area (Å²) in [5.74, 6) is -0.946. The fourth-order valence-electron chi connectivity index (χ4n) is 5.45. The van der Waals surface area contributed by atoms with Gasteiger partial charge in [-0.05, 0) is 96.3 Å². The molecule has 10 heteroatoms. The first-order valence-corrected chi connectivity index (χ1v) is 24.4. The number of hydrogen-bond donors (Lipinski definition) is 0. The Morgan fingerprint density at radius 2 is 0.917 bits per heavy atom. The van der Waals surface area contributed by atoms with Crippen LogP contribution in [0.1, 0.15) is 155 Å². The maximum absolute atomic E-state index is 12.7. The Hall–Kier alpha value is -3.07. The lowest BCUT2D eigenvalue weighted by molar-refractivity contribution is -0.870. The molecule has 1 unspecified atom stereocenters. The van der Waals surface area contributed by atoms with E-state index in [1.165, 1.54) is 51.4 Å². The molecule has 0 radical (unpaired) electrons. The van der Waals surface area contributed by atoms with Crippen molar-refractivity contribution in [2.45, 2.75) is 161 Å². The van der Waals surface area contributed by atoms with Gasteiger partial charge in [0.15, 0.2) is 6.10 Å². The molecular weight excluding hydrogens is 774 g/mol. The van der Waals surface area contributed by atoms with Gasteiger partial charge in [0, 0.05) is 12.8 Å². The fraction of sp³-hybridized carbons (Fsp3) is 0.640. The lowest BCUT2D eigenvalue weighted by Crippen LogP contribution is -2.37. The summed E-state index contributed by atoms with van der Waals surface area (Å²) in [6.45, 7) is 4.04. The lowest BCUT2D eigenvalue weighted by Gasteiger charge is -2.28. The summed E-state index contributed by atoms with van der Waals surface area (Å²) < 4.78 is 33.8. The van der Waals surface area contributed by atoms with E-state index in [-0.39, 0.29) is 26.1 Å². The van der Waals surface area contributed by atoms with Crippen molar-refractivity contribution in [1.82, 2.24) is 0 Å². The van der Waals surface area contributed by atoms with Gasteiger partial charge in [0.25, 0.3) is 7.82 Å². The van der Waals surface area contributed by atoms with Crippen LogP contribution in [0.15, 0.2) is 97.2 Å². The first kappa shape index (κ1) is 56.9. The average molecular weight is 858 g/mol. The number of rotatable bonds is 40. The highest BCUT2D eigenvalue weighted by Crippen LogP contribution is 2.38. The maximum Gasteiger partial charge on any atom is 0.306 e. The van der Waals surface area contributed by atoms with Gasteiger partial charge in [-0.15, -0.1) is 0 Å². The van der Waals surface area contributed by atoms with Crippen LogP contribution in [0.2, 0.25) is 0 Å². The van der Waals surface area contributed by atoms with Crippen molar-refractivity contribution in [2.24, 2.45) is 0 Å². The van der Waals surface area contributed by atoms with Gasteiger partial charge in [-0.3, -0.25) is 14.2 Å². The number of phosphoric ester groups is 1. The van der Waals surface area contributed by atoms with E-state index in [4.69, 9.17) is 18.5 Å². The van der Waals surface area contributed by atoms with Crippen molar-refractivity contribution in [3.63, 3.8) is 0 Å². The maximum atomic E-state index is 12.7. The van der Waals surface area contributed by atoms with Crippen LogP contribution in [0.5, 0.6) is 0 Å². The molecule has 9 nitrogen and oxygen atoms in total. The van der Waals surface area contributed by atoms with Gasteiger partial charge in [-0.25, -0.2) is 0 Å². The van der Waals surface area contributed by atoms with Gasteiger partial charge in [0.1, 0.15) is 19.8 Å². The normalized spacial score (nSPS) is 14.4. The molecule has 0 fully saturated rings. The van der Waals surface area contributed by atoms with E-state index >= 15 is 0 Å². The van der Waals surface area contributed by atoms with Crippen LogP contribution < -0.4 is 4.89 Å². The quantitative estimate of drug-likeness (QED) is 0.0197. The van der Waals surface area contributed by atoms with Crippen molar-refractivity contribution >= 4 is 19.8 Å². The molecule has 0 saturated carbocycles. The van der Waals surface area contributed by atoms with E-state index in [0.29, 0.717) is 23.9 Å². The topological polar surface area (TPSA) is 111 Å². The molecule has 0 N–H and O–H groups in total. The van der Waals surface area contributed by atoms with E-state index in [1.54, 1.807) is 0 Å². The highest BCUT2D eigenvalue weighted by Gasteiger charge is 2.21. The molecule has 0 aromatic rings. The zero-order valence-electron chi connectivity index (χ0n) is 38.4. The fourth-order valence-corrected chi connectivity index (χ4v) is 6.18. The third kappa shape index (κ3) is 44.5. The van der Waals surface area contributed by atoms with Crippen molar-refractivity contribution < 1.29 is 42.1 Å². The Morgan fingerprint density at radius 3 is 1.35 bits per heavy atom. The first-order valence-electron chi connectivity index (χ1n) is 22.9. The number of nitrogens with zero attached hydrogens (tertiary/aromatic N) is 1. The lowest BCUT2D eigenvalue weighted by atomic mass is 10.1. The third-order valence-electron chi connectivity index (χ3n) is 9.08. The van der Waals surface area contributed by atoms with Crippen LogP contribution in [0.4, 0.5) is 0 Å². The molecule has 2 atom stereocenters. The number of hydrogen-bond acceptors (Lipinski definition) is 8. The molecule has 342 valence electrons. The second kappa shape index (κ2) is 41.3. The van der Waals surface area contributed by atoms with Gasteiger partial charge in [-0.2, -0.15) is 0 Å². The van der Waals surface area contributed by atoms with Gasteiger partial charge in [-0.1, -0.05) is 143 Å². The summed E-state index contributed by atoms with van der Waals surface area (Å²) in [6.07, 6.45) is 54.4. The Morgan fingerprint density at radius 1 is 0.517 bits per heavy atom. The predicted octanol–water partition coefficient (Wildman–Crippen LogP) is 12.7. The van der Waals surface area contributed by atoms with Crippen LogP contribution >= 0.6 is 7.82 Å². The molecule has 0 bridgehead atoms. The minimum Gasteiger partial charge on any atom is -0.756 e. The molecule has 60 heavy (non-hydrogen) atoms. The number of likely N-dealkylation sites (N-methyl/N-ethyl adjacent to an activating group) is 1. The van der Waals surface area contributed by atoms with Crippen molar-refractivity contribution in [2.75, 3.05) is 47.5 Å². The molecule has 0 aliphatic rings. The zero-order chi connectivity index (χ0) is 44.3. The third-order valence-corrected chi connectivity index (χ3v) is 10.0. The minimum absolute atomic E-state index is 0.0514. The average Bonchev–Trinajstić information content (AvgIpc) is 3.20. The number of quaternary nitrogens is 1. The smallest absolute Gasteiger partial charge is 0.306 e. The highest BCUT2D eigenvalue weighted by atomic mass is 31.2. The summed E-state index contributed by atoms with van der Waals surface area (Å²) >= 11 is 0. The zero-order valence-corrected chi connectivity index (χ0v) is 39.3. The molecule has 0 aliphatic carbocycles. The summed E-state index contributed by atoms with van der Waals surface area (Å²) in [4.78, 5) is 37.6. The molecule has 0 rings (SSSR count). The number of ether oxygens (including phenoxy) is 2. The molecule has 0 heterocycles. The number of phosphoric acid groups is 1. The molecule has 0 aromatic carbocycles.